The highest BCUT2D eigenvalue weighted by molar-refractivity contribution is 5.93. The van der Waals surface area contributed by atoms with Gasteiger partial charge in [-0.2, -0.15) is 0 Å². The van der Waals surface area contributed by atoms with Crippen LogP contribution in [0.15, 0.2) is 12.3 Å². The van der Waals surface area contributed by atoms with Crippen molar-refractivity contribution in [3.8, 4) is 12.3 Å². The number of terminal acetylenes is 1. The largest absolute Gasteiger partial charge is 0.397 e. The zero-order valence-corrected chi connectivity index (χ0v) is 8.95. The van der Waals surface area contributed by atoms with E-state index in [4.69, 9.17) is 12.2 Å². The van der Waals surface area contributed by atoms with Gasteiger partial charge in [-0.15, -0.1) is 12.3 Å². The number of carbonyl (C=O) groups is 1. The number of aromatic nitrogens is 1. The molecule has 0 aliphatic heterocycles. The van der Waals surface area contributed by atoms with E-state index in [1.54, 1.807) is 23.9 Å². The number of rotatable bonds is 3. The zero-order valence-electron chi connectivity index (χ0n) is 8.95. The Kier molecular flexibility index (Phi) is 3.40. The third-order valence-corrected chi connectivity index (χ3v) is 2.06. The van der Waals surface area contributed by atoms with Crippen LogP contribution in [0.3, 0.4) is 0 Å². The quantitative estimate of drug-likeness (QED) is 0.715. The van der Waals surface area contributed by atoms with Crippen LogP contribution in [-0.4, -0.2) is 16.5 Å². The Bertz CT molecular complexity index is 400. The van der Waals surface area contributed by atoms with Crippen molar-refractivity contribution >= 4 is 11.6 Å². The number of hydrogen-bond acceptors (Lipinski definition) is 2. The summed E-state index contributed by atoms with van der Waals surface area (Å²) < 4.78 is 1.69. The van der Waals surface area contributed by atoms with E-state index < -0.39 is 0 Å². The molecule has 0 spiro atoms. The lowest BCUT2D eigenvalue weighted by atomic mass is 10.2. The van der Waals surface area contributed by atoms with Crippen LogP contribution in [0, 0.1) is 12.3 Å². The van der Waals surface area contributed by atoms with Crippen molar-refractivity contribution in [1.82, 2.24) is 9.88 Å². The van der Waals surface area contributed by atoms with Crippen LogP contribution in [0.2, 0.25) is 0 Å². The first-order chi connectivity index (χ1) is 7.04. The van der Waals surface area contributed by atoms with Crippen molar-refractivity contribution in [3.05, 3.63) is 18.0 Å². The molecule has 0 radical (unpaired) electrons. The van der Waals surface area contributed by atoms with E-state index >= 15 is 0 Å². The maximum absolute atomic E-state index is 11.7. The average Bonchev–Trinajstić information content (AvgIpc) is 2.45. The lowest BCUT2D eigenvalue weighted by molar-refractivity contribution is 0.0932. The minimum absolute atomic E-state index is 0.0291. The molecule has 0 bridgehead atoms. The fraction of sp³-hybridized carbons (Fsp3) is 0.364. The second-order valence-corrected chi connectivity index (χ2v) is 3.55. The van der Waals surface area contributed by atoms with Crippen molar-refractivity contribution in [2.75, 3.05) is 5.73 Å². The third kappa shape index (κ3) is 2.78. The van der Waals surface area contributed by atoms with Crippen molar-refractivity contribution in [2.45, 2.75) is 19.4 Å². The molecule has 1 aromatic heterocycles. The Morgan fingerprint density at radius 1 is 1.80 bits per heavy atom. The number of carbonyl (C=O) groups excluding carboxylic acids is 1. The van der Waals surface area contributed by atoms with Crippen molar-refractivity contribution in [3.63, 3.8) is 0 Å². The molecule has 1 heterocycles. The fourth-order valence-electron chi connectivity index (χ4n) is 1.34. The monoisotopic (exact) mass is 205 g/mol. The molecule has 15 heavy (non-hydrogen) atoms. The molecule has 0 aliphatic carbocycles. The third-order valence-electron chi connectivity index (χ3n) is 2.06. The molecule has 0 saturated heterocycles. The molecule has 0 saturated carbocycles. The molecule has 4 heteroatoms. The Balaban J connectivity index is 2.70. The van der Waals surface area contributed by atoms with Gasteiger partial charge in [0.2, 0.25) is 0 Å². The standard InChI is InChI=1S/C11H15N3O/c1-4-5-8(2)13-11(15)10-6-9(12)7-14(10)3/h1,6-8H,5,12H2,2-3H3,(H,13,15). The van der Waals surface area contributed by atoms with Gasteiger partial charge in [0, 0.05) is 25.7 Å². The van der Waals surface area contributed by atoms with Crippen LogP contribution in [0.25, 0.3) is 0 Å². The van der Waals surface area contributed by atoms with Crippen LogP contribution in [0.1, 0.15) is 23.8 Å². The van der Waals surface area contributed by atoms with Gasteiger partial charge in [-0.25, -0.2) is 0 Å². The normalized spacial score (nSPS) is 11.8. The molecule has 4 nitrogen and oxygen atoms in total. The number of nitrogens with zero attached hydrogens (tertiary/aromatic N) is 1. The summed E-state index contributed by atoms with van der Waals surface area (Å²) >= 11 is 0. The number of amides is 1. The number of nitrogen functional groups attached to an aromatic ring is 1. The first kappa shape index (κ1) is 11.2. The van der Waals surface area contributed by atoms with Crippen molar-refractivity contribution in [1.29, 1.82) is 0 Å². The van der Waals surface area contributed by atoms with Gasteiger partial charge in [0.15, 0.2) is 0 Å². The number of anilines is 1. The van der Waals surface area contributed by atoms with Gasteiger partial charge >= 0.3 is 0 Å². The highest BCUT2D eigenvalue weighted by atomic mass is 16.2. The second-order valence-electron chi connectivity index (χ2n) is 3.55. The van der Waals surface area contributed by atoms with Gasteiger partial charge in [0.05, 0.1) is 5.69 Å². The molecule has 1 aromatic rings. The number of aryl methyl sites for hydroxylation is 1. The van der Waals surface area contributed by atoms with Crippen molar-refractivity contribution in [2.24, 2.45) is 7.05 Å². The smallest absolute Gasteiger partial charge is 0.268 e. The van der Waals surface area contributed by atoms with E-state index in [9.17, 15) is 4.79 Å². The Morgan fingerprint density at radius 3 is 2.93 bits per heavy atom. The van der Waals surface area contributed by atoms with Gasteiger partial charge in [0.25, 0.3) is 5.91 Å². The van der Waals surface area contributed by atoms with Crippen LogP contribution >= 0.6 is 0 Å². The summed E-state index contributed by atoms with van der Waals surface area (Å²) in [6, 6.07) is 1.61. The van der Waals surface area contributed by atoms with Crippen LogP contribution < -0.4 is 11.1 Å². The summed E-state index contributed by atoms with van der Waals surface area (Å²) in [5, 5.41) is 2.79. The predicted octanol–water partition coefficient (Wildman–Crippen LogP) is 0.749. The van der Waals surface area contributed by atoms with E-state index in [1.165, 1.54) is 0 Å². The molecule has 1 amide bonds. The Labute approximate surface area is 89.5 Å². The van der Waals surface area contributed by atoms with Gasteiger partial charge < -0.3 is 15.6 Å². The Hall–Kier alpha value is -1.89. The van der Waals surface area contributed by atoms with E-state index in [-0.39, 0.29) is 11.9 Å². The molecule has 80 valence electrons. The van der Waals surface area contributed by atoms with Crippen LogP contribution in [-0.2, 0) is 7.05 Å². The molecule has 1 atom stereocenters. The summed E-state index contributed by atoms with van der Waals surface area (Å²) in [5.74, 6) is 2.34. The number of nitrogens with two attached hydrogens (primary N) is 1. The molecule has 1 unspecified atom stereocenters. The SMILES string of the molecule is C#CCC(C)NC(=O)c1cc(N)cn1C. The van der Waals surface area contributed by atoms with Crippen LogP contribution in [0.5, 0.6) is 0 Å². The lowest BCUT2D eigenvalue weighted by Gasteiger charge is -2.10. The van der Waals surface area contributed by atoms with Gasteiger partial charge in [0.1, 0.15) is 5.69 Å². The minimum atomic E-state index is -0.156. The molecule has 0 fully saturated rings. The van der Waals surface area contributed by atoms with Crippen molar-refractivity contribution < 1.29 is 4.79 Å². The zero-order chi connectivity index (χ0) is 11.4. The molecule has 1 rings (SSSR count). The molecular formula is C11H15N3O. The summed E-state index contributed by atoms with van der Waals surface area (Å²) in [4.78, 5) is 11.7. The lowest BCUT2D eigenvalue weighted by Crippen LogP contribution is -2.33. The molecular weight excluding hydrogens is 190 g/mol. The fourth-order valence-corrected chi connectivity index (χ4v) is 1.34. The molecule has 3 N–H and O–H groups in total. The van der Waals surface area contributed by atoms with E-state index in [0.29, 0.717) is 17.8 Å². The van der Waals surface area contributed by atoms with Gasteiger partial charge in [-0.3, -0.25) is 4.79 Å². The second kappa shape index (κ2) is 4.56. The molecule has 0 aromatic carbocycles. The number of hydrogen-bond donors (Lipinski definition) is 2. The summed E-state index contributed by atoms with van der Waals surface area (Å²) in [6.07, 6.45) is 7.37. The highest BCUT2D eigenvalue weighted by Crippen LogP contribution is 2.08. The van der Waals surface area contributed by atoms with E-state index in [1.807, 2.05) is 6.92 Å². The van der Waals surface area contributed by atoms with Crippen LogP contribution in [0.4, 0.5) is 5.69 Å². The summed E-state index contributed by atoms with van der Waals surface area (Å²) in [5.41, 5.74) is 6.69. The maximum Gasteiger partial charge on any atom is 0.268 e. The average molecular weight is 205 g/mol. The van der Waals surface area contributed by atoms with E-state index in [0.717, 1.165) is 0 Å². The molecule has 0 aliphatic rings. The first-order valence-electron chi connectivity index (χ1n) is 4.70. The van der Waals surface area contributed by atoms with E-state index in [2.05, 4.69) is 11.2 Å². The van der Waals surface area contributed by atoms with Gasteiger partial charge in [-0.05, 0) is 13.0 Å². The first-order valence-corrected chi connectivity index (χ1v) is 4.70. The maximum atomic E-state index is 11.7. The predicted molar refractivity (Wildman–Crippen MR) is 60.2 cm³/mol. The number of nitrogens with one attached hydrogen (secondary N) is 1. The summed E-state index contributed by atoms with van der Waals surface area (Å²) in [7, 11) is 1.77. The van der Waals surface area contributed by atoms with Gasteiger partial charge in [-0.1, -0.05) is 0 Å². The summed E-state index contributed by atoms with van der Waals surface area (Å²) in [6.45, 7) is 1.87. The Morgan fingerprint density at radius 2 is 2.47 bits per heavy atom. The highest BCUT2D eigenvalue weighted by Gasteiger charge is 2.12. The topological polar surface area (TPSA) is 60.1 Å². The minimum Gasteiger partial charge on any atom is -0.397 e.